The molecule has 4 aliphatic rings. The number of benzene rings is 9. The van der Waals surface area contributed by atoms with Crippen LogP contribution in [0.2, 0.25) is 0 Å². The molecule has 0 amide bonds. The largest absolute Gasteiger partial charge is 0.457 e. The number of ether oxygens (including phenoxy) is 1. The summed E-state index contributed by atoms with van der Waals surface area (Å²) in [5.74, 6) is 2.17. The Balaban J connectivity index is 1.04. The van der Waals surface area contributed by atoms with Gasteiger partial charge >= 0.3 is 0 Å². The molecule has 9 aromatic rings. The first-order chi connectivity index (χ1) is 31.5. The lowest BCUT2D eigenvalue weighted by Crippen LogP contribution is -2.32. The summed E-state index contributed by atoms with van der Waals surface area (Å²) in [5.41, 5.74) is 19.5. The molecule has 1 aliphatic heterocycles. The summed E-state index contributed by atoms with van der Waals surface area (Å²) >= 11 is 0. The van der Waals surface area contributed by atoms with Crippen molar-refractivity contribution in [2.75, 3.05) is 4.90 Å². The summed E-state index contributed by atoms with van der Waals surface area (Å²) in [7, 11) is 0. The minimum Gasteiger partial charge on any atom is -0.457 e. The van der Waals surface area contributed by atoms with E-state index in [2.05, 4.69) is 237 Å². The predicted octanol–water partition coefficient (Wildman–Crippen LogP) is 16.1. The van der Waals surface area contributed by atoms with Crippen LogP contribution in [0.1, 0.15) is 59.6 Å². The van der Waals surface area contributed by atoms with E-state index >= 15 is 0 Å². The van der Waals surface area contributed by atoms with Crippen molar-refractivity contribution in [1.82, 2.24) is 0 Å². The highest BCUT2D eigenvalue weighted by molar-refractivity contribution is 6.04. The van der Waals surface area contributed by atoms with E-state index in [1.807, 2.05) is 0 Å². The highest BCUT2D eigenvalue weighted by Gasteiger charge is 2.52. The van der Waals surface area contributed by atoms with Gasteiger partial charge in [0, 0.05) is 39.4 Å². The Morgan fingerprint density at radius 1 is 0.484 bits per heavy atom. The molecule has 304 valence electrons. The van der Waals surface area contributed by atoms with E-state index in [-0.39, 0.29) is 5.41 Å². The van der Waals surface area contributed by atoms with Gasteiger partial charge in [-0.2, -0.15) is 0 Å². The summed E-state index contributed by atoms with van der Waals surface area (Å²) in [5, 5.41) is 2.50. The zero-order valence-corrected chi connectivity index (χ0v) is 35.9. The van der Waals surface area contributed by atoms with Crippen LogP contribution in [-0.4, -0.2) is 0 Å². The van der Waals surface area contributed by atoms with Crippen LogP contribution >= 0.6 is 0 Å². The maximum Gasteiger partial charge on any atom is 0.132 e. The normalized spacial score (nSPS) is 16.6. The molecule has 0 bridgehead atoms. The van der Waals surface area contributed by atoms with E-state index in [4.69, 9.17) is 4.74 Å². The minimum absolute atomic E-state index is 0.0922. The van der Waals surface area contributed by atoms with Crippen molar-refractivity contribution in [3.8, 4) is 44.9 Å². The van der Waals surface area contributed by atoms with E-state index in [1.54, 1.807) is 0 Å². The summed E-state index contributed by atoms with van der Waals surface area (Å²) in [6.45, 7) is 4.82. The third kappa shape index (κ3) is 5.14. The smallest absolute Gasteiger partial charge is 0.132 e. The minimum atomic E-state index is -0.563. The number of allylic oxidation sites excluding steroid dienone is 3. The number of fused-ring (bicyclic) bond motifs is 13. The Bertz CT molecular complexity index is 3380. The van der Waals surface area contributed by atoms with Crippen molar-refractivity contribution in [2.45, 2.75) is 37.0 Å². The fourth-order valence-electron chi connectivity index (χ4n) is 12.0. The first-order valence-corrected chi connectivity index (χ1v) is 22.6. The van der Waals surface area contributed by atoms with E-state index in [0.29, 0.717) is 5.92 Å². The standard InChI is InChI=1S/C62H45NO/c1-61(2)50-23-10-8-21-47(50)48-38-36-44(39-55(48)61)63(43-34-31-41(32-35-43)46-37-33-40-17-6-7-20-45(40)59(46)42-18-4-3-5-19-42)56-28-16-27-54-60(56)49-22-9-11-24-51(49)62(54)52-25-12-14-29-57(52)64-58-30-15-13-26-53(58)62/h3-37,39,48H,38H2,1-2H3. The molecule has 0 N–H and O–H groups in total. The molecule has 64 heavy (non-hydrogen) atoms. The Kier molecular flexibility index (Phi) is 8.03. The zero-order valence-electron chi connectivity index (χ0n) is 35.9. The van der Waals surface area contributed by atoms with Crippen LogP contribution in [0.3, 0.4) is 0 Å². The molecule has 3 aliphatic carbocycles. The second-order valence-corrected chi connectivity index (χ2v) is 18.3. The number of anilines is 2. The second kappa shape index (κ2) is 13.9. The molecule has 1 unspecified atom stereocenters. The van der Waals surface area contributed by atoms with Crippen LogP contribution in [0.25, 0.3) is 44.2 Å². The van der Waals surface area contributed by atoms with Crippen molar-refractivity contribution < 1.29 is 4.74 Å². The first kappa shape index (κ1) is 36.9. The van der Waals surface area contributed by atoms with Gasteiger partial charge in [-0.3, -0.25) is 0 Å². The lowest BCUT2D eigenvalue weighted by atomic mass is 9.66. The maximum atomic E-state index is 6.70. The van der Waals surface area contributed by atoms with Crippen molar-refractivity contribution in [1.29, 1.82) is 0 Å². The van der Waals surface area contributed by atoms with Gasteiger partial charge in [0.05, 0.1) is 11.1 Å². The number of hydrogen-bond acceptors (Lipinski definition) is 2. The van der Waals surface area contributed by atoms with E-state index < -0.39 is 5.41 Å². The van der Waals surface area contributed by atoms with Crippen LogP contribution in [0.15, 0.2) is 230 Å². The van der Waals surface area contributed by atoms with Crippen LogP contribution in [0, 0.1) is 0 Å². The molecule has 0 aromatic heterocycles. The van der Waals surface area contributed by atoms with Gasteiger partial charge in [-0.1, -0.05) is 201 Å². The van der Waals surface area contributed by atoms with E-state index in [1.165, 1.54) is 94.5 Å². The van der Waals surface area contributed by atoms with Crippen LogP contribution < -0.4 is 9.64 Å². The molecule has 0 fully saturated rings. The number of nitrogens with zero attached hydrogens (tertiary/aromatic N) is 1. The van der Waals surface area contributed by atoms with Crippen molar-refractivity contribution in [3.05, 3.63) is 263 Å². The van der Waals surface area contributed by atoms with Gasteiger partial charge in [-0.05, 0) is 104 Å². The Morgan fingerprint density at radius 3 is 1.91 bits per heavy atom. The fraction of sp³-hybridized carbons (Fsp3) is 0.0968. The Hall–Kier alpha value is -7.68. The lowest BCUT2D eigenvalue weighted by molar-refractivity contribution is 0.436. The number of rotatable bonds is 5. The summed E-state index contributed by atoms with van der Waals surface area (Å²) in [6.07, 6.45) is 5.96. The van der Waals surface area contributed by atoms with Crippen molar-refractivity contribution in [2.24, 2.45) is 0 Å². The molecule has 9 aromatic carbocycles. The van der Waals surface area contributed by atoms with Gasteiger partial charge in [-0.15, -0.1) is 0 Å². The molecule has 0 saturated heterocycles. The topological polar surface area (TPSA) is 12.5 Å². The third-order valence-corrected chi connectivity index (χ3v) is 14.7. The monoisotopic (exact) mass is 819 g/mol. The molecule has 1 atom stereocenters. The van der Waals surface area contributed by atoms with Crippen LogP contribution in [0.5, 0.6) is 11.5 Å². The highest BCUT2D eigenvalue weighted by Crippen LogP contribution is 2.64. The zero-order chi connectivity index (χ0) is 42.6. The van der Waals surface area contributed by atoms with Crippen LogP contribution in [0.4, 0.5) is 11.4 Å². The predicted molar refractivity (Wildman–Crippen MR) is 264 cm³/mol. The summed E-state index contributed by atoms with van der Waals surface area (Å²) in [4.78, 5) is 2.55. The van der Waals surface area contributed by atoms with Crippen molar-refractivity contribution >= 4 is 22.1 Å². The quantitative estimate of drug-likeness (QED) is 0.171. The molecule has 1 spiro atoms. The van der Waals surface area contributed by atoms with Gasteiger partial charge in [0.2, 0.25) is 0 Å². The van der Waals surface area contributed by atoms with E-state index in [9.17, 15) is 0 Å². The highest BCUT2D eigenvalue weighted by atomic mass is 16.5. The maximum absolute atomic E-state index is 6.70. The number of hydrogen-bond donors (Lipinski definition) is 0. The van der Waals surface area contributed by atoms with Gasteiger partial charge in [0.15, 0.2) is 0 Å². The molecule has 0 radical (unpaired) electrons. The van der Waals surface area contributed by atoms with E-state index in [0.717, 1.165) is 23.6 Å². The lowest BCUT2D eigenvalue weighted by Gasteiger charge is -2.39. The van der Waals surface area contributed by atoms with Gasteiger partial charge in [-0.25, -0.2) is 0 Å². The first-order valence-electron chi connectivity index (χ1n) is 22.6. The van der Waals surface area contributed by atoms with Gasteiger partial charge in [0.1, 0.15) is 11.5 Å². The number of para-hydroxylation sites is 2. The van der Waals surface area contributed by atoms with Gasteiger partial charge in [0.25, 0.3) is 0 Å². The molecule has 13 rings (SSSR count). The third-order valence-electron chi connectivity index (χ3n) is 14.7. The van der Waals surface area contributed by atoms with Crippen molar-refractivity contribution in [3.63, 3.8) is 0 Å². The SMILES string of the molecule is CC1(C)C2=CC(N(c3ccc(-c4ccc5ccccc5c4-c4ccccc4)cc3)c3cccc4c3-c3ccccc3C43c4ccccc4Oc4ccccc43)=CCC2c2ccccc21. The molecule has 0 saturated carbocycles. The molecule has 1 heterocycles. The summed E-state index contributed by atoms with van der Waals surface area (Å²) in [6, 6.07) is 75.9. The average molecular weight is 820 g/mol. The molecular weight excluding hydrogens is 775 g/mol. The van der Waals surface area contributed by atoms with Gasteiger partial charge < -0.3 is 9.64 Å². The fourth-order valence-corrected chi connectivity index (χ4v) is 12.0. The molecule has 2 nitrogen and oxygen atoms in total. The molecular formula is C62H45NO. The second-order valence-electron chi connectivity index (χ2n) is 18.3. The Labute approximate surface area is 375 Å². The summed E-state index contributed by atoms with van der Waals surface area (Å²) < 4.78 is 6.70. The van der Waals surface area contributed by atoms with Crippen LogP contribution in [-0.2, 0) is 10.8 Å². The molecule has 2 heteroatoms. The Morgan fingerprint density at radius 2 is 1.12 bits per heavy atom. The average Bonchev–Trinajstić information content (AvgIpc) is 3.77.